The summed E-state index contributed by atoms with van der Waals surface area (Å²) in [4.78, 5) is 25.6. The quantitative estimate of drug-likeness (QED) is 0.875. The normalized spacial score (nSPS) is 18.7. The van der Waals surface area contributed by atoms with E-state index in [0.29, 0.717) is 6.42 Å². The highest BCUT2D eigenvalue weighted by molar-refractivity contribution is 6.34. The van der Waals surface area contributed by atoms with Gasteiger partial charge in [-0.25, -0.2) is 9.18 Å². The van der Waals surface area contributed by atoms with Crippen molar-refractivity contribution in [3.8, 4) is 0 Å². The van der Waals surface area contributed by atoms with E-state index in [9.17, 15) is 19.1 Å². The first-order valence-corrected chi connectivity index (χ1v) is 8.27. The van der Waals surface area contributed by atoms with E-state index in [4.69, 9.17) is 11.6 Å². The number of carbonyl (C=O) groups excluding carboxylic acids is 1. The van der Waals surface area contributed by atoms with Gasteiger partial charge in [0.25, 0.3) is 5.91 Å². The molecule has 25 heavy (non-hydrogen) atoms. The highest BCUT2D eigenvalue weighted by Crippen LogP contribution is 2.43. The molecule has 3 rings (SSSR count). The zero-order valence-corrected chi connectivity index (χ0v) is 14.5. The van der Waals surface area contributed by atoms with Crippen LogP contribution in [0.1, 0.15) is 57.1 Å². The van der Waals surface area contributed by atoms with Crippen molar-refractivity contribution in [2.45, 2.75) is 25.3 Å². The van der Waals surface area contributed by atoms with Crippen LogP contribution in [0.2, 0.25) is 5.02 Å². The molecule has 2 aromatic rings. The molecular formula is C19H17ClFNO3. The maximum atomic E-state index is 13.7. The molecule has 6 heteroatoms. The van der Waals surface area contributed by atoms with Gasteiger partial charge >= 0.3 is 5.97 Å². The van der Waals surface area contributed by atoms with Gasteiger partial charge in [0, 0.05) is 7.05 Å². The lowest BCUT2D eigenvalue weighted by molar-refractivity contribution is 0.0696. The molecule has 0 aliphatic heterocycles. The number of carboxylic acid groups (broad SMARTS) is 1. The number of benzene rings is 2. The van der Waals surface area contributed by atoms with Gasteiger partial charge in [-0.05, 0) is 47.7 Å². The smallest absolute Gasteiger partial charge is 0.335 e. The fourth-order valence-electron chi connectivity index (χ4n) is 3.40. The number of carbonyl (C=O) groups is 2. The number of aromatic carboxylic acids is 1. The van der Waals surface area contributed by atoms with Crippen molar-refractivity contribution in [3.05, 3.63) is 69.5 Å². The molecule has 1 unspecified atom stereocenters. The van der Waals surface area contributed by atoms with Crippen molar-refractivity contribution in [2.75, 3.05) is 7.05 Å². The van der Waals surface area contributed by atoms with Crippen molar-refractivity contribution in [1.29, 1.82) is 0 Å². The van der Waals surface area contributed by atoms with E-state index in [2.05, 4.69) is 0 Å². The molecule has 1 amide bonds. The highest BCUT2D eigenvalue weighted by Gasteiger charge is 2.34. The van der Waals surface area contributed by atoms with Crippen LogP contribution in [0.25, 0.3) is 0 Å². The third kappa shape index (κ3) is 3.00. The van der Waals surface area contributed by atoms with Gasteiger partial charge < -0.3 is 10.0 Å². The zero-order valence-electron chi connectivity index (χ0n) is 13.8. The fraction of sp³-hybridized carbons (Fsp3) is 0.263. The van der Waals surface area contributed by atoms with E-state index >= 15 is 0 Å². The summed E-state index contributed by atoms with van der Waals surface area (Å²) in [6.07, 6.45) is 0.674. The van der Waals surface area contributed by atoms with Gasteiger partial charge in [0.2, 0.25) is 0 Å². The van der Waals surface area contributed by atoms with Crippen LogP contribution in [-0.2, 0) is 0 Å². The van der Waals surface area contributed by atoms with Gasteiger partial charge in [-0.15, -0.1) is 0 Å². The summed E-state index contributed by atoms with van der Waals surface area (Å²) in [7, 11) is 1.63. The van der Waals surface area contributed by atoms with Crippen LogP contribution in [0.4, 0.5) is 4.39 Å². The van der Waals surface area contributed by atoms with Crippen molar-refractivity contribution < 1.29 is 19.1 Å². The van der Waals surface area contributed by atoms with Crippen molar-refractivity contribution >= 4 is 23.5 Å². The highest BCUT2D eigenvalue weighted by atomic mass is 35.5. The lowest BCUT2D eigenvalue weighted by atomic mass is 10.0. The second-order valence-corrected chi connectivity index (χ2v) is 6.70. The Kier molecular flexibility index (Phi) is 4.52. The number of fused-ring (bicyclic) bond motifs is 1. The number of amides is 1. The molecule has 0 radical (unpaired) electrons. The third-order valence-corrected chi connectivity index (χ3v) is 5.15. The lowest BCUT2D eigenvalue weighted by Crippen LogP contribution is -2.30. The molecule has 4 nitrogen and oxygen atoms in total. The first-order valence-electron chi connectivity index (χ1n) is 7.89. The van der Waals surface area contributed by atoms with Crippen LogP contribution in [0.15, 0.2) is 36.4 Å². The Morgan fingerprint density at radius 1 is 1.24 bits per heavy atom. The van der Waals surface area contributed by atoms with Crippen LogP contribution in [0, 0.1) is 5.82 Å². The Bertz CT molecular complexity index is 868. The van der Waals surface area contributed by atoms with Crippen molar-refractivity contribution in [1.82, 2.24) is 4.90 Å². The van der Waals surface area contributed by atoms with Gasteiger partial charge in [0.05, 0.1) is 22.2 Å². The minimum absolute atomic E-state index is 0.0969. The zero-order chi connectivity index (χ0) is 18.3. The first-order chi connectivity index (χ1) is 11.8. The van der Waals surface area contributed by atoms with Gasteiger partial charge in [0.1, 0.15) is 5.82 Å². The number of carboxylic acids is 1. The largest absolute Gasteiger partial charge is 0.478 e. The summed E-state index contributed by atoms with van der Waals surface area (Å²) in [6, 6.07) is 8.83. The average molecular weight is 362 g/mol. The minimum atomic E-state index is -1.01. The number of hydrogen-bond donors (Lipinski definition) is 1. The van der Waals surface area contributed by atoms with Gasteiger partial charge in [0.15, 0.2) is 0 Å². The van der Waals surface area contributed by atoms with Crippen LogP contribution >= 0.6 is 11.6 Å². The Morgan fingerprint density at radius 2 is 1.96 bits per heavy atom. The molecule has 2 atom stereocenters. The van der Waals surface area contributed by atoms with Gasteiger partial charge in [-0.1, -0.05) is 30.7 Å². The lowest BCUT2D eigenvalue weighted by Gasteiger charge is -2.26. The Morgan fingerprint density at radius 3 is 2.64 bits per heavy atom. The molecule has 0 saturated carbocycles. The number of hydrogen-bond acceptors (Lipinski definition) is 2. The molecule has 0 aromatic heterocycles. The number of rotatable bonds is 3. The Hall–Kier alpha value is -2.40. The molecule has 0 bridgehead atoms. The van der Waals surface area contributed by atoms with Crippen molar-refractivity contribution in [2.24, 2.45) is 0 Å². The summed E-state index contributed by atoms with van der Waals surface area (Å²) in [6.45, 7) is 2.03. The molecule has 0 fully saturated rings. The predicted octanol–water partition coefficient (Wildman–Crippen LogP) is 4.50. The molecule has 1 aliphatic rings. The van der Waals surface area contributed by atoms with Gasteiger partial charge in [-0.2, -0.15) is 0 Å². The van der Waals surface area contributed by atoms with E-state index < -0.39 is 17.7 Å². The van der Waals surface area contributed by atoms with E-state index in [-0.39, 0.29) is 28.1 Å². The second-order valence-electron chi connectivity index (χ2n) is 6.32. The van der Waals surface area contributed by atoms with E-state index in [1.54, 1.807) is 25.2 Å². The first kappa shape index (κ1) is 17.4. The number of nitrogens with zero attached hydrogens (tertiary/aromatic N) is 1. The minimum Gasteiger partial charge on any atom is -0.478 e. The van der Waals surface area contributed by atoms with Crippen molar-refractivity contribution in [3.63, 3.8) is 0 Å². The molecule has 2 aromatic carbocycles. The summed E-state index contributed by atoms with van der Waals surface area (Å²) >= 11 is 5.93. The molecule has 0 saturated heterocycles. The summed E-state index contributed by atoms with van der Waals surface area (Å²) in [5, 5.41) is 9.02. The molecular weight excluding hydrogens is 345 g/mol. The Balaban J connectivity index is 1.98. The molecule has 130 valence electrons. The van der Waals surface area contributed by atoms with E-state index in [1.165, 1.54) is 23.1 Å². The topological polar surface area (TPSA) is 57.6 Å². The summed E-state index contributed by atoms with van der Waals surface area (Å²) < 4.78 is 13.7. The average Bonchev–Trinajstić information content (AvgIpc) is 2.92. The van der Waals surface area contributed by atoms with Crippen LogP contribution < -0.4 is 0 Å². The van der Waals surface area contributed by atoms with Gasteiger partial charge in [-0.3, -0.25) is 4.79 Å². The predicted molar refractivity (Wildman–Crippen MR) is 92.7 cm³/mol. The van der Waals surface area contributed by atoms with Crippen LogP contribution in [-0.4, -0.2) is 28.9 Å². The summed E-state index contributed by atoms with van der Waals surface area (Å²) in [5.41, 5.74) is 2.12. The number of halogens is 2. The standard InChI is InChI=1S/C19H17ClFNO3/c1-10-8-16(14-9-11(19(24)25)6-7-12(10)14)22(2)18(23)13-4-3-5-15(21)17(13)20/h3-7,9-10,16H,8H2,1-2H3,(H,24,25)/t10-,16?/m1/s1. The van der Waals surface area contributed by atoms with Crippen LogP contribution in [0.3, 0.4) is 0 Å². The fourth-order valence-corrected chi connectivity index (χ4v) is 3.61. The molecule has 1 aliphatic carbocycles. The van der Waals surface area contributed by atoms with E-state index in [1.807, 2.05) is 6.92 Å². The monoisotopic (exact) mass is 361 g/mol. The van der Waals surface area contributed by atoms with Crippen LogP contribution in [0.5, 0.6) is 0 Å². The summed E-state index contributed by atoms with van der Waals surface area (Å²) in [5.74, 6) is -1.85. The second kappa shape index (κ2) is 6.48. The Labute approximate surface area is 149 Å². The molecule has 0 heterocycles. The molecule has 0 spiro atoms. The maximum Gasteiger partial charge on any atom is 0.335 e. The SMILES string of the molecule is C[C@@H]1CC(N(C)C(=O)c2cccc(F)c2Cl)c2cc(C(=O)O)ccc21. The van der Waals surface area contributed by atoms with E-state index in [0.717, 1.165) is 11.1 Å². The molecule has 1 N–H and O–H groups in total. The third-order valence-electron chi connectivity index (χ3n) is 4.77. The maximum absolute atomic E-state index is 13.7.